The lowest BCUT2D eigenvalue weighted by atomic mass is 10.1. The summed E-state index contributed by atoms with van der Waals surface area (Å²) in [5.74, 6) is 0.0903. The van der Waals surface area contributed by atoms with Gasteiger partial charge in [-0.25, -0.2) is 0 Å². The van der Waals surface area contributed by atoms with Crippen molar-refractivity contribution in [3.63, 3.8) is 0 Å². The number of ketones is 1. The fourth-order valence-electron chi connectivity index (χ4n) is 1.56. The van der Waals surface area contributed by atoms with Crippen LogP contribution in [0.4, 0.5) is 0 Å². The maximum Gasteiger partial charge on any atom is 0.160 e. The first kappa shape index (κ1) is 17.6. The molecule has 110 valence electrons. The number of hydrogen-bond acceptors (Lipinski definition) is 3. The molecule has 0 radical (unpaired) electrons. The zero-order valence-electron chi connectivity index (χ0n) is 11.7. The topological polar surface area (TPSA) is 49.7 Å². The van der Waals surface area contributed by atoms with Gasteiger partial charge in [-0.3, -0.25) is 4.79 Å². The first-order chi connectivity index (χ1) is 9.97. The van der Waals surface area contributed by atoms with E-state index in [2.05, 4.69) is 37.0 Å². The largest absolute Gasteiger partial charge is 0.411 e. The molecule has 5 heteroatoms. The first-order valence-corrected chi connectivity index (χ1v) is 7.75. The average Bonchev–Trinajstić information content (AvgIpc) is 2.48. The van der Waals surface area contributed by atoms with E-state index in [1.165, 1.54) is 0 Å². The molecule has 0 heterocycles. The fraction of sp³-hybridized carbons (Fsp3) is 0.125. The molecule has 0 saturated carbocycles. The molecule has 0 aliphatic carbocycles. The molecule has 0 aliphatic rings. The number of hydrogen-bond donors (Lipinski definition) is 1. The van der Waals surface area contributed by atoms with Crippen molar-refractivity contribution in [1.82, 2.24) is 0 Å². The van der Waals surface area contributed by atoms with E-state index in [1.807, 2.05) is 42.5 Å². The van der Waals surface area contributed by atoms with Crippen molar-refractivity contribution in [2.45, 2.75) is 13.8 Å². The van der Waals surface area contributed by atoms with E-state index in [0.29, 0.717) is 5.71 Å². The van der Waals surface area contributed by atoms with Crippen LogP contribution >= 0.6 is 31.9 Å². The van der Waals surface area contributed by atoms with Crippen LogP contribution in [-0.4, -0.2) is 16.7 Å². The van der Waals surface area contributed by atoms with Crippen LogP contribution in [0.3, 0.4) is 0 Å². The molecule has 0 spiro atoms. The number of nitrogens with zero attached hydrogens (tertiary/aromatic N) is 1. The second-order valence-electron chi connectivity index (χ2n) is 4.20. The Hall–Kier alpha value is -1.46. The zero-order chi connectivity index (χ0) is 15.8. The highest BCUT2D eigenvalue weighted by atomic mass is 79.9. The second kappa shape index (κ2) is 8.74. The average molecular weight is 413 g/mol. The number of rotatable bonds is 2. The van der Waals surface area contributed by atoms with Crippen LogP contribution in [0.25, 0.3) is 0 Å². The fourth-order valence-corrected chi connectivity index (χ4v) is 2.69. The summed E-state index contributed by atoms with van der Waals surface area (Å²) in [7, 11) is 0. The van der Waals surface area contributed by atoms with Crippen molar-refractivity contribution in [3.8, 4) is 0 Å². The van der Waals surface area contributed by atoms with Gasteiger partial charge in [-0.05, 0) is 26.0 Å². The van der Waals surface area contributed by atoms with Crippen molar-refractivity contribution >= 4 is 43.4 Å². The van der Waals surface area contributed by atoms with Crippen LogP contribution in [0.2, 0.25) is 0 Å². The Bertz CT molecular complexity index is 654. The minimum atomic E-state index is 0.0903. The van der Waals surface area contributed by atoms with Gasteiger partial charge in [0.25, 0.3) is 0 Å². The van der Waals surface area contributed by atoms with Crippen LogP contribution < -0.4 is 0 Å². The minimum absolute atomic E-state index is 0.0903. The summed E-state index contributed by atoms with van der Waals surface area (Å²) in [5.41, 5.74) is 2.26. The molecular formula is C16H15Br2NO2. The molecule has 0 unspecified atom stereocenters. The lowest BCUT2D eigenvalue weighted by molar-refractivity contribution is 0.101. The molecule has 21 heavy (non-hydrogen) atoms. The molecule has 0 saturated heterocycles. The highest BCUT2D eigenvalue weighted by Gasteiger charge is 2.01. The number of oxime groups is 1. The first-order valence-electron chi connectivity index (χ1n) is 6.16. The van der Waals surface area contributed by atoms with Crippen molar-refractivity contribution in [2.75, 3.05) is 0 Å². The van der Waals surface area contributed by atoms with Gasteiger partial charge in [-0.2, -0.15) is 0 Å². The second-order valence-corrected chi connectivity index (χ2v) is 5.91. The number of halogens is 2. The van der Waals surface area contributed by atoms with E-state index < -0.39 is 0 Å². The summed E-state index contributed by atoms with van der Waals surface area (Å²) >= 11 is 6.62. The van der Waals surface area contributed by atoms with Gasteiger partial charge >= 0.3 is 0 Å². The Morgan fingerprint density at radius 2 is 1.33 bits per heavy atom. The summed E-state index contributed by atoms with van der Waals surface area (Å²) < 4.78 is 1.80. The standard InChI is InChI=1S/C8H8BrNO.C8H7BrO/c1-6(10-11)7-4-2-3-5-8(7)9;1-6(10)7-4-2-3-5-8(7)9/h2-5,11H,1H3;2-5H,1H3. The number of benzene rings is 2. The van der Waals surface area contributed by atoms with Gasteiger partial charge in [0.05, 0.1) is 5.71 Å². The van der Waals surface area contributed by atoms with Crippen molar-refractivity contribution in [3.05, 3.63) is 68.6 Å². The summed E-state index contributed by atoms with van der Waals surface area (Å²) in [4.78, 5) is 10.8. The monoisotopic (exact) mass is 411 g/mol. The SMILES string of the molecule is CC(=NO)c1ccccc1Br.CC(=O)c1ccccc1Br. The third-order valence-electron chi connectivity index (χ3n) is 2.67. The Kier molecular flexibility index (Phi) is 7.32. The van der Waals surface area contributed by atoms with Crippen LogP contribution in [0.1, 0.15) is 29.8 Å². The highest BCUT2D eigenvalue weighted by Crippen LogP contribution is 2.16. The molecule has 0 atom stereocenters. The van der Waals surface area contributed by atoms with Crippen molar-refractivity contribution in [2.24, 2.45) is 5.16 Å². The van der Waals surface area contributed by atoms with Gasteiger partial charge in [-0.15, -0.1) is 0 Å². The van der Waals surface area contributed by atoms with E-state index in [1.54, 1.807) is 19.9 Å². The van der Waals surface area contributed by atoms with E-state index in [9.17, 15) is 4.79 Å². The third kappa shape index (κ3) is 5.44. The van der Waals surface area contributed by atoms with Gasteiger partial charge in [0.1, 0.15) is 0 Å². The minimum Gasteiger partial charge on any atom is -0.411 e. The van der Waals surface area contributed by atoms with Gasteiger partial charge in [0.15, 0.2) is 5.78 Å². The van der Waals surface area contributed by atoms with Crippen LogP contribution in [0.15, 0.2) is 62.6 Å². The molecule has 0 bridgehead atoms. The van der Waals surface area contributed by atoms with Gasteiger partial charge < -0.3 is 5.21 Å². The molecule has 2 aromatic rings. The number of carbonyl (C=O) groups excluding carboxylic acids is 1. The third-order valence-corrected chi connectivity index (χ3v) is 4.05. The van der Waals surface area contributed by atoms with Gasteiger partial charge in [0, 0.05) is 20.1 Å². The van der Waals surface area contributed by atoms with Crippen molar-refractivity contribution in [1.29, 1.82) is 0 Å². The van der Waals surface area contributed by atoms with Crippen LogP contribution in [0.5, 0.6) is 0 Å². The molecule has 2 rings (SSSR count). The quantitative estimate of drug-likeness (QED) is 0.315. The van der Waals surface area contributed by atoms with Gasteiger partial charge in [-0.1, -0.05) is 73.4 Å². The lowest BCUT2D eigenvalue weighted by Crippen LogP contribution is -1.94. The molecule has 0 amide bonds. The summed E-state index contributed by atoms with van der Waals surface area (Å²) in [5, 5.41) is 11.6. The highest BCUT2D eigenvalue weighted by molar-refractivity contribution is 9.10. The summed E-state index contributed by atoms with van der Waals surface area (Å²) in [6, 6.07) is 15.0. The van der Waals surface area contributed by atoms with Crippen LogP contribution in [0, 0.1) is 0 Å². The maximum atomic E-state index is 10.8. The predicted octanol–water partition coefficient (Wildman–Crippen LogP) is 5.30. The summed E-state index contributed by atoms with van der Waals surface area (Å²) in [6.07, 6.45) is 0. The molecule has 3 nitrogen and oxygen atoms in total. The van der Waals surface area contributed by atoms with E-state index >= 15 is 0 Å². The molecule has 0 fully saturated rings. The van der Waals surface area contributed by atoms with Gasteiger partial charge in [0.2, 0.25) is 0 Å². The molecular weight excluding hydrogens is 398 g/mol. The zero-order valence-corrected chi connectivity index (χ0v) is 14.8. The Morgan fingerprint density at radius 1 is 0.905 bits per heavy atom. The van der Waals surface area contributed by atoms with Crippen molar-refractivity contribution < 1.29 is 10.0 Å². The Balaban J connectivity index is 0.000000211. The molecule has 0 aliphatic heterocycles. The number of Topliss-reactive ketones (excluding diaryl/α,β-unsaturated/α-hetero) is 1. The smallest absolute Gasteiger partial charge is 0.160 e. The Morgan fingerprint density at radius 3 is 1.67 bits per heavy atom. The molecule has 2 aromatic carbocycles. The maximum absolute atomic E-state index is 10.8. The van der Waals surface area contributed by atoms with E-state index in [0.717, 1.165) is 20.1 Å². The number of carbonyl (C=O) groups is 1. The van der Waals surface area contributed by atoms with Crippen LogP contribution in [-0.2, 0) is 0 Å². The van der Waals surface area contributed by atoms with E-state index in [-0.39, 0.29) is 5.78 Å². The normalized spacial score (nSPS) is 10.6. The molecule has 0 aromatic heterocycles. The molecule has 1 N–H and O–H groups in total. The Labute approximate surface area is 140 Å². The lowest BCUT2D eigenvalue weighted by Gasteiger charge is -1.99. The van der Waals surface area contributed by atoms with E-state index in [4.69, 9.17) is 5.21 Å². The summed E-state index contributed by atoms with van der Waals surface area (Å²) in [6.45, 7) is 3.31. The predicted molar refractivity (Wildman–Crippen MR) is 92.3 cm³/mol.